The molecule has 0 aliphatic rings. The number of aryl methyl sites for hydroxylation is 1. The van der Waals surface area contributed by atoms with E-state index in [1.54, 1.807) is 17.1 Å². The van der Waals surface area contributed by atoms with Crippen LogP contribution in [0.15, 0.2) is 48.9 Å². The van der Waals surface area contributed by atoms with Crippen LogP contribution in [-0.4, -0.2) is 32.8 Å². The van der Waals surface area contributed by atoms with Crippen molar-refractivity contribution >= 4 is 17.3 Å². The molecule has 7 nitrogen and oxygen atoms in total. The van der Waals surface area contributed by atoms with Gasteiger partial charge in [0, 0.05) is 43.8 Å². The van der Waals surface area contributed by atoms with Gasteiger partial charge >= 0.3 is 0 Å². The third kappa shape index (κ3) is 3.83. The maximum Gasteiger partial charge on any atom is 0.227 e. The maximum absolute atomic E-state index is 5.49. The van der Waals surface area contributed by atoms with E-state index in [2.05, 4.69) is 25.7 Å². The van der Waals surface area contributed by atoms with E-state index in [0.717, 1.165) is 29.2 Å². The van der Waals surface area contributed by atoms with Crippen molar-refractivity contribution in [1.29, 1.82) is 0 Å². The van der Waals surface area contributed by atoms with Crippen molar-refractivity contribution in [2.24, 2.45) is 12.8 Å². The zero-order valence-corrected chi connectivity index (χ0v) is 12.9. The van der Waals surface area contributed by atoms with Gasteiger partial charge in [0.1, 0.15) is 0 Å². The molecule has 0 aliphatic carbocycles. The Morgan fingerprint density at radius 3 is 2.65 bits per heavy atom. The van der Waals surface area contributed by atoms with E-state index in [9.17, 15) is 0 Å². The second-order valence-electron chi connectivity index (χ2n) is 5.09. The van der Waals surface area contributed by atoms with Crippen LogP contribution in [0, 0.1) is 0 Å². The molecule has 0 amide bonds. The molecule has 0 unspecified atom stereocenters. The summed E-state index contributed by atoms with van der Waals surface area (Å²) in [5.41, 5.74) is 9.27. The topological polar surface area (TPSA) is 93.7 Å². The lowest BCUT2D eigenvalue weighted by Gasteiger charge is -2.07. The Morgan fingerprint density at radius 2 is 1.96 bits per heavy atom. The van der Waals surface area contributed by atoms with E-state index in [4.69, 9.17) is 5.73 Å². The number of nitrogens with one attached hydrogen (secondary N) is 2. The van der Waals surface area contributed by atoms with Gasteiger partial charge in [0.15, 0.2) is 0 Å². The molecule has 2 heterocycles. The van der Waals surface area contributed by atoms with Crippen molar-refractivity contribution in [3.63, 3.8) is 0 Å². The van der Waals surface area contributed by atoms with Crippen LogP contribution >= 0.6 is 0 Å². The summed E-state index contributed by atoms with van der Waals surface area (Å²) in [6.45, 7) is 1.36. The summed E-state index contributed by atoms with van der Waals surface area (Å²) < 4.78 is 1.72. The minimum absolute atomic E-state index is 0.542. The minimum atomic E-state index is 0.542. The number of aromatic nitrogens is 4. The van der Waals surface area contributed by atoms with Crippen LogP contribution in [0.1, 0.15) is 0 Å². The van der Waals surface area contributed by atoms with Gasteiger partial charge in [-0.1, -0.05) is 12.1 Å². The number of hydrogen-bond donors (Lipinski definition) is 3. The lowest BCUT2D eigenvalue weighted by atomic mass is 10.1. The first-order valence-electron chi connectivity index (χ1n) is 7.38. The molecule has 0 radical (unpaired) electrons. The fraction of sp³-hybridized carbons (Fsp3) is 0.188. The van der Waals surface area contributed by atoms with Gasteiger partial charge in [-0.2, -0.15) is 5.10 Å². The van der Waals surface area contributed by atoms with E-state index in [-0.39, 0.29) is 0 Å². The predicted octanol–water partition coefficient (Wildman–Crippen LogP) is 1.99. The van der Waals surface area contributed by atoms with Crippen LogP contribution in [0.3, 0.4) is 0 Å². The molecule has 0 atom stereocenters. The van der Waals surface area contributed by atoms with Gasteiger partial charge in [-0.25, -0.2) is 9.97 Å². The molecule has 0 saturated carbocycles. The summed E-state index contributed by atoms with van der Waals surface area (Å²) in [7, 11) is 1.86. The highest BCUT2D eigenvalue weighted by Crippen LogP contribution is 2.21. The monoisotopic (exact) mass is 309 g/mol. The quantitative estimate of drug-likeness (QED) is 0.645. The zero-order valence-electron chi connectivity index (χ0n) is 12.9. The number of hydrogen-bond acceptors (Lipinski definition) is 6. The predicted molar refractivity (Wildman–Crippen MR) is 91.5 cm³/mol. The molecule has 7 heteroatoms. The molecular formula is C16H19N7. The van der Waals surface area contributed by atoms with Crippen molar-refractivity contribution in [1.82, 2.24) is 19.7 Å². The van der Waals surface area contributed by atoms with Crippen LogP contribution in [0.5, 0.6) is 0 Å². The summed E-state index contributed by atoms with van der Waals surface area (Å²) >= 11 is 0. The van der Waals surface area contributed by atoms with Crippen molar-refractivity contribution in [3.8, 4) is 11.3 Å². The molecule has 2 aromatic heterocycles. The zero-order chi connectivity index (χ0) is 16.1. The largest absolute Gasteiger partial charge is 0.384 e. The molecule has 0 aliphatic heterocycles. The summed E-state index contributed by atoms with van der Waals surface area (Å²) in [6, 6.07) is 9.96. The average molecular weight is 309 g/mol. The van der Waals surface area contributed by atoms with Crippen molar-refractivity contribution in [2.75, 3.05) is 23.7 Å². The van der Waals surface area contributed by atoms with Crippen molar-refractivity contribution < 1.29 is 0 Å². The van der Waals surface area contributed by atoms with Crippen LogP contribution in [-0.2, 0) is 7.05 Å². The molecule has 3 rings (SSSR count). The molecule has 0 saturated heterocycles. The molecule has 3 aromatic rings. The van der Waals surface area contributed by atoms with Gasteiger partial charge < -0.3 is 16.4 Å². The average Bonchev–Trinajstić information content (AvgIpc) is 2.98. The second-order valence-corrected chi connectivity index (χ2v) is 5.09. The summed E-state index contributed by atoms with van der Waals surface area (Å²) in [5, 5.41) is 10.5. The SMILES string of the molecule is Cn1cc(Nc2nccc(-c3ccc(NCCN)cc3)n2)cn1. The summed E-state index contributed by atoms with van der Waals surface area (Å²) in [6.07, 6.45) is 5.34. The van der Waals surface area contributed by atoms with Crippen LogP contribution in [0.25, 0.3) is 11.3 Å². The van der Waals surface area contributed by atoms with Crippen molar-refractivity contribution in [2.45, 2.75) is 0 Å². The van der Waals surface area contributed by atoms with Crippen molar-refractivity contribution in [3.05, 3.63) is 48.9 Å². The number of rotatable bonds is 6. The van der Waals surface area contributed by atoms with Gasteiger partial charge in [-0.05, 0) is 18.2 Å². The van der Waals surface area contributed by atoms with E-state index >= 15 is 0 Å². The highest BCUT2D eigenvalue weighted by molar-refractivity contribution is 5.64. The molecule has 118 valence electrons. The Hall–Kier alpha value is -2.93. The standard InChI is InChI=1S/C16H19N7/c1-23-11-14(10-20-23)21-16-19-8-6-15(22-16)12-2-4-13(5-3-12)18-9-7-17/h2-6,8,10-11,18H,7,9,17H2,1H3,(H,19,21,22). The Morgan fingerprint density at radius 1 is 1.13 bits per heavy atom. The normalized spacial score (nSPS) is 10.5. The smallest absolute Gasteiger partial charge is 0.227 e. The third-order valence-electron chi connectivity index (χ3n) is 3.27. The summed E-state index contributed by atoms with van der Waals surface area (Å²) in [4.78, 5) is 8.78. The third-order valence-corrected chi connectivity index (χ3v) is 3.27. The summed E-state index contributed by atoms with van der Waals surface area (Å²) in [5.74, 6) is 0.542. The van der Waals surface area contributed by atoms with Gasteiger partial charge in [0.2, 0.25) is 5.95 Å². The number of nitrogens with zero attached hydrogens (tertiary/aromatic N) is 4. The second kappa shape index (κ2) is 6.89. The van der Waals surface area contributed by atoms with Gasteiger partial charge in [-0.3, -0.25) is 4.68 Å². The van der Waals surface area contributed by atoms with Crippen LogP contribution < -0.4 is 16.4 Å². The van der Waals surface area contributed by atoms with Gasteiger partial charge in [0.25, 0.3) is 0 Å². The molecule has 1 aromatic carbocycles. The number of anilines is 3. The number of benzene rings is 1. The lowest BCUT2D eigenvalue weighted by Crippen LogP contribution is -2.12. The van der Waals surface area contributed by atoms with Crippen LogP contribution in [0.2, 0.25) is 0 Å². The Bertz CT molecular complexity index is 764. The molecule has 0 spiro atoms. The van der Waals surface area contributed by atoms with Gasteiger partial charge in [0.05, 0.1) is 17.6 Å². The van der Waals surface area contributed by atoms with Gasteiger partial charge in [-0.15, -0.1) is 0 Å². The fourth-order valence-corrected chi connectivity index (χ4v) is 2.17. The maximum atomic E-state index is 5.49. The Labute approximate surface area is 134 Å². The Kier molecular flexibility index (Phi) is 4.49. The van der Waals surface area contributed by atoms with Crippen LogP contribution in [0.4, 0.5) is 17.3 Å². The molecule has 0 bridgehead atoms. The minimum Gasteiger partial charge on any atom is -0.384 e. The molecule has 0 fully saturated rings. The van der Waals surface area contributed by atoms with E-state index in [0.29, 0.717) is 12.5 Å². The highest BCUT2D eigenvalue weighted by atomic mass is 15.3. The Balaban J connectivity index is 1.76. The molecule has 23 heavy (non-hydrogen) atoms. The molecular weight excluding hydrogens is 290 g/mol. The first kappa shape index (κ1) is 15.0. The highest BCUT2D eigenvalue weighted by Gasteiger charge is 2.04. The first-order valence-corrected chi connectivity index (χ1v) is 7.38. The fourth-order valence-electron chi connectivity index (χ4n) is 2.17. The number of nitrogens with two attached hydrogens (primary N) is 1. The first-order chi connectivity index (χ1) is 11.2. The van der Waals surface area contributed by atoms with E-state index in [1.165, 1.54) is 0 Å². The molecule has 4 N–H and O–H groups in total. The van der Waals surface area contributed by atoms with E-state index in [1.807, 2.05) is 43.6 Å². The van der Waals surface area contributed by atoms with E-state index < -0.39 is 0 Å². The lowest BCUT2D eigenvalue weighted by molar-refractivity contribution is 0.768.